The minimum absolute atomic E-state index is 0.0899. The highest BCUT2D eigenvalue weighted by Crippen LogP contribution is 2.42. The molecule has 1 saturated heterocycles. The summed E-state index contributed by atoms with van der Waals surface area (Å²) in [6.45, 7) is 6.60. The van der Waals surface area contributed by atoms with Crippen molar-refractivity contribution in [2.45, 2.75) is 154 Å². The van der Waals surface area contributed by atoms with Crippen molar-refractivity contribution in [2.75, 3.05) is 13.2 Å². The quantitative estimate of drug-likeness (QED) is 0.195. The number of hydrogen-bond donors (Lipinski definition) is 1. The minimum atomic E-state index is -0.566. The number of nitrogens with zero attached hydrogens (tertiary/aromatic N) is 1. The molecule has 0 aromatic rings. The molecular formula is C31H54N2O5. The molecule has 1 amide bonds. The van der Waals surface area contributed by atoms with Crippen LogP contribution in [0.25, 0.3) is 0 Å². The molecule has 218 valence electrons. The summed E-state index contributed by atoms with van der Waals surface area (Å²) in [6.07, 6.45) is 18.6. The first kappa shape index (κ1) is 30.9. The molecule has 5 atom stereocenters. The van der Waals surface area contributed by atoms with Crippen LogP contribution in [0.5, 0.6) is 0 Å². The molecule has 1 N–H and O–H groups in total. The molecule has 0 aromatic heterocycles. The van der Waals surface area contributed by atoms with E-state index >= 15 is 0 Å². The van der Waals surface area contributed by atoms with Gasteiger partial charge in [0.05, 0.1) is 19.3 Å². The number of carbonyl (C=O) groups excluding carboxylic acids is 3. The van der Waals surface area contributed by atoms with E-state index in [1.54, 1.807) is 0 Å². The number of ether oxygens (including phenoxy) is 2. The summed E-state index contributed by atoms with van der Waals surface area (Å²) < 4.78 is 11.1. The van der Waals surface area contributed by atoms with Crippen LogP contribution < -0.4 is 5.32 Å². The van der Waals surface area contributed by atoms with Gasteiger partial charge in [0.25, 0.3) is 0 Å². The van der Waals surface area contributed by atoms with Crippen LogP contribution >= 0.6 is 0 Å². The Hall–Kier alpha value is -1.63. The minimum Gasteiger partial charge on any atom is -0.465 e. The molecule has 3 rings (SSSR count). The average molecular weight is 535 g/mol. The number of hydrogen-bond acceptors (Lipinski definition) is 6. The molecule has 0 bridgehead atoms. The van der Waals surface area contributed by atoms with Gasteiger partial charge in [-0.2, -0.15) is 0 Å². The van der Waals surface area contributed by atoms with Gasteiger partial charge in [0.1, 0.15) is 12.1 Å². The third kappa shape index (κ3) is 8.96. The molecule has 0 radical (unpaired) electrons. The first-order valence-electron chi connectivity index (χ1n) is 15.9. The lowest BCUT2D eigenvalue weighted by Crippen LogP contribution is -2.55. The smallest absolute Gasteiger partial charge is 0.328 e. The first-order valence-corrected chi connectivity index (χ1v) is 15.9. The lowest BCUT2D eigenvalue weighted by atomic mass is 9.85. The molecular weight excluding hydrogens is 480 g/mol. The Bertz CT molecular complexity index is 738. The van der Waals surface area contributed by atoms with E-state index in [0.29, 0.717) is 37.9 Å². The number of carbonyl (C=O) groups is 3. The predicted molar refractivity (Wildman–Crippen MR) is 150 cm³/mol. The molecule has 0 unspecified atom stereocenters. The van der Waals surface area contributed by atoms with Gasteiger partial charge in [-0.05, 0) is 64.2 Å². The molecule has 2 saturated carbocycles. The highest BCUT2D eigenvalue weighted by atomic mass is 16.5. The van der Waals surface area contributed by atoms with E-state index in [4.69, 9.17) is 9.47 Å². The van der Waals surface area contributed by atoms with Crippen LogP contribution in [0.3, 0.4) is 0 Å². The third-order valence-electron chi connectivity index (χ3n) is 9.09. The SMILES string of the molecule is CCCCCCCCOC(=O)[C@@H]1C[C@@H]2CCC[C@@H]2N1C(=O)[C@H](C)N[C@@H](CCC1CCCCC1)C(=O)OCC. The zero-order valence-electron chi connectivity index (χ0n) is 24.4. The second-order valence-electron chi connectivity index (χ2n) is 12.0. The maximum absolute atomic E-state index is 13.8. The zero-order chi connectivity index (χ0) is 27.3. The zero-order valence-corrected chi connectivity index (χ0v) is 24.4. The van der Waals surface area contributed by atoms with Crippen molar-refractivity contribution < 1.29 is 23.9 Å². The van der Waals surface area contributed by atoms with Crippen LogP contribution in [0.2, 0.25) is 0 Å². The molecule has 1 aliphatic heterocycles. The number of esters is 2. The molecule has 0 aromatic carbocycles. The van der Waals surface area contributed by atoms with Crippen molar-refractivity contribution in [3.05, 3.63) is 0 Å². The van der Waals surface area contributed by atoms with E-state index in [1.165, 1.54) is 57.8 Å². The highest BCUT2D eigenvalue weighted by molar-refractivity contribution is 5.89. The van der Waals surface area contributed by atoms with Crippen molar-refractivity contribution in [3.8, 4) is 0 Å². The Kier molecular flexibility index (Phi) is 13.4. The van der Waals surface area contributed by atoms with E-state index in [2.05, 4.69) is 12.2 Å². The molecule has 1 heterocycles. The van der Waals surface area contributed by atoms with Gasteiger partial charge in [0, 0.05) is 6.04 Å². The van der Waals surface area contributed by atoms with Crippen LogP contribution in [-0.4, -0.2) is 60.1 Å². The van der Waals surface area contributed by atoms with E-state index in [0.717, 1.165) is 38.5 Å². The second-order valence-corrected chi connectivity index (χ2v) is 12.0. The topological polar surface area (TPSA) is 84.9 Å². The summed E-state index contributed by atoms with van der Waals surface area (Å²) >= 11 is 0. The van der Waals surface area contributed by atoms with Crippen molar-refractivity contribution in [3.63, 3.8) is 0 Å². The normalized spacial score (nSPS) is 25.1. The van der Waals surface area contributed by atoms with Gasteiger partial charge in [0.2, 0.25) is 5.91 Å². The maximum Gasteiger partial charge on any atom is 0.328 e. The Morgan fingerprint density at radius 2 is 1.63 bits per heavy atom. The van der Waals surface area contributed by atoms with E-state index in [1.807, 2.05) is 18.7 Å². The summed E-state index contributed by atoms with van der Waals surface area (Å²) in [7, 11) is 0. The number of nitrogens with one attached hydrogen (secondary N) is 1. The Morgan fingerprint density at radius 3 is 2.37 bits per heavy atom. The van der Waals surface area contributed by atoms with Crippen LogP contribution in [-0.2, 0) is 23.9 Å². The maximum atomic E-state index is 13.8. The Morgan fingerprint density at radius 1 is 0.895 bits per heavy atom. The van der Waals surface area contributed by atoms with Crippen LogP contribution in [0.4, 0.5) is 0 Å². The molecule has 3 fully saturated rings. The fraction of sp³-hybridized carbons (Fsp3) is 0.903. The molecule has 2 aliphatic carbocycles. The van der Waals surface area contributed by atoms with Gasteiger partial charge in [0.15, 0.2) is 0 Å². The average Bonchev–Trinajstić information content (AvgIpc) is 3.52. The van der Waals surface area contributed by atoms with Gasteiger partial charge in [-0.15, -0.1) is 0 Å². The van der Waals surface area contributed by atoms with E-state index in [-0.39, 0.29) is 23.9 Å². The summed E-state index contributed by atoms with van der Waals surface area (Å²) in [5.74, 6) is 0.389. The van der Waals surface area contributed by atoms with E-state index in [9.17, 15) is 14.4 Å². The molecule has 7 nitrogen and oxygen atoms in total. The lowest BCUT2D eigenvalue weighted by molar-refractivity contribution is -0.156. The van der Waals surface area contributed by atoms with Crippen molar-refractivity contribution in [1.82, 2.24) is 10.2 Å². The van der Waals surface area contributed by atoms with Gasteiger partial charge in [-0.1, -0.05) is 77.6 Å². The predicted octanol–water partition coefficient (Wildman–Crippen LogP) is 5.93. The second kappa shape index (κ2) is 16.5. The van der Waals surface area contributed by atoms with Gasteiger partial charge in [-0.3, -0.25) is 14.9 Å². The van der Waals surface area contributed by atoms with Gasteiger partial charge >= 0.3 is 11.9 Å². The molecule has 0 spiro atoms. The monoisotopic (exact) mass is 534 g/mol. The van der Waals surface area contributed by atoms with Crippen LogP contribution in [0.15, 0.2) is 0 Å². The first-order chi connectivity index (χ1) is 18.5. The Balaban J connectivity index is 1.57. The molecule has 7 heteroatoms. The van der Waals surface area contributed by atoms with Gasteiger partial charge < -0.3 is 14.4 Å². The fourth-order valence-electron chi connectivity index (χ4n) is 6.95. The third-order valence-corrected chi connectivity index (χ3v) is 9.09. The van der Waals surface area contributed by atoms with Crippen LogP contribution in [0.1, 0.15) is 130 Å². The summed E-state index contributed by atoms with van der Waals surface area (Å²) in [5.41, 5.74) is 0. The Labute approximate surface area is 231 Å². The van der Waals surface area contributed by atoms with Crippen LogP contribution in [0, 0.1) is 11.8 Å². The van der Waals surface area contributed by atoms with Crippen molar-refractivity contribution in [2.24, 2.45) is 11.8 Å². The summed E-state index contributed by atoms with van der Waals surface area (Å²) in [4.78, 5) is 41.6. The number of fused-ring (bicyclic) bond motifs is 1. The van der Waals surface area contributed by atoms with Gasteiger partial charge in [-0.25, -0.2) is 4.79 Å². The summed E-state index contributed by atoms with van der Waals surface area (Å²) in [6, 6.07) is -1.48. The standard InChI is InChI=1S/C31H54N2O5/c1-4-6-7-8-9-13-21-38-31(36)28-22-25-17-14-18-27(25)33(28)29(34)23(3)32-26(30(35)37-5-2)20-19-24-15-11-10-12-16-24/h23-28,32H,4-22H2,1-3H3/t23-,25-,26-,27-,28-/m0/s1. The summed E-state index contributed by atoms with van der Waals surface area (Å²) in [5, 5.41) is 3.32. The van der Waals surface area contributed by atoms with Crippen molar-refractivity contribution >= 4 is 17.8 Å². The lowest BCUT2D eigenvalue weighted by Gasteiger charge is -2.32. The van der Waals surface area contributed by atoms with E-state index < -0.39 is 18.1 Å². The molecule has 38 heavy (non-hydrogen) atoms. The van der Waals surface area contributed by atoms with Crippen molar-refractivity contribution in [1.29, 1.82) is 0 Å². The highest BCUT2D eigenvalue weighted by Gasteiger charge is 2.50. The number of rotatable bonds is 16. The number of amides is 1. The molecule has 3 aliphatic rings. The number of likely N-dealkylation sites (tertiary alicyclic amines) is 1. The fourth-order valence-corrected chi connectivity index (χ4v) is 6.95. The largest absolute Gasteiger partial charge is 0.465 e. The number of unbranched alkanes of at least 4 members (excludes halogenated alkanes) is 5.